The van der Waals surface area contributed by atoms with E-state index in [1.807, 2.05) is 12.1 Å². The highest BCUT2D eigenvalue weighted by Crippen LogP contribution is 2.15. The van der Waals surface area contributed by atoms with E-state index in [1.165, 1.54) is 0 Å². The quantitative estimate of drug-likeness (QED) is 0.375. The van der Waals surface area contributed by atoms with Crippen molar-refractivity contribution in [2.45, 2.75) is 24.9 Å². The number of hydrogen-bond donors (Lipinski definition) is 3. The second-order valence-corrected chi connectivity index (χ2v) is 7.95. The third-order valence-electron chi connectivity index (χ3n) is 5.62. The summed E-state index contributed by atoms with van der Waals surface area (Å²) in [7, 11) is 0. The number of carbonyl (C=O) groups excluding carboxylic acids is 1. The normalized spacial score (nSPS) is 12.7. The zero-order chi connectivity index (χ0) is 24.1. The van der Waals surface area contributed by atoms with Crippen molar-refractivity contribution >= 4 is 22.8 Å². The van der Waals surface area contributed by atoms with Crippen LogP contribution in [0.2, 0.25) is 0 Å². The number of carbonyl (C=O) groups is 2. The van der Waals surface area contributed by atoms with E-state index in [9.17, 15) is 24.3 Å². The lowest BCUT2D eigenvalue weighted by Crippen LogP contribution is -2.50. The summed E-state index contributed by atoms with van der Waals surface area (Å²) >= 11 is 0. The fraction of sp³-hybridized carbons (Fsp3) is 0.154. The van der Waals surface area contributed by atoms with Crippen LogP contribution in [0.4, 0.5) is 0 Å². The van der Waals surface area contributed by atoms with Crippen molar-refractivity contribution in [3.8, 4) is 0 Å². The number of fused-ring (bicyclic) bond motifs is 1. The van der Waals surface area contributed by atoms with E-state index in [2.05, 4.69) is 10.3 Å². The number of amides is 1. The van der Waals surface area contributed by atoms with E-state index in [4.69, 9.17) is 0 Å². The number of carboxylic acid groups (broad SMARTS) is 1. The van der Waals surface area contributed by atoms with Gasteiger partial charge in [-0.3, -0.25) is 9.59 Å². The minimum atomic E-state index is -1.25. The molecule has 0 unspecified atom stereocenters. The van der Waals surface area contributed by atoms with E-state index in [0.717, 1.165) is 15.7 Å². The molecular weight excluding hydrogens is 434 g/mol. The van der Waals surface area contributed by atoms with Crippen molar-refractivity contribution in [3.63, 3.8) is 0 Å². The van der Waals surface area contributed by atoms with Crippen molar-refractivity contribution in [1.82, 2.24) is 14.9 Å². The third kappa shape index (κ3) is 4.96. The minimum Gasteiger partial charge on any atom is -0.480 e. The predicted octanol–water partition coefficient (Wildman–Crippen LogP) is 2.29. The monoisotopic (exact) mass is 457 g/mol. The van der Waals surface area contributed by atoms with Gasteiger partial charge in [-0.1, -0.05) is 72.8 Å². The molecule has 0 fully saturated rings. The number of nitrogens with zero attached hydrogens (tertiary/aromatic N) is 1. The number of benzene rings is 3. The Kier molecular flexibility index (Phi) is 6.68. The van der Waals surface area contributed by atoms with E-state index in [-0.39, 0.29) is 18.2 Å². The number of para-hydroxylation sites is 1. The maximum Gasteiger partial charge on any atom is 0.329 e. The first-order valence-corrected chi connectivity index (χ1v) is 10.8. The summed E-state index contributed by atoms with van der Waals surface area (Å²) in [6.45, 7) is 0. The predicted molar refractivity (Wildman–Crippen MR) is 128 cm³/mol. The van der Waals surface area contributed by atoms with E-state index in [1.54, 1.807) is 72.8 Å². The topological polar surface area (TPSA) is 121 Å². The number of H-pyrrole nitrogens is 1. The molecule has 34 heavy (non-hydrogen) atoms. The molecule has 8 heteroatoms. The summed E-state index contributed by atoms with van der Waals surface area (Å²) in [4.78, 5) is 54.1. The number of aromatic amines is 1. The number of rotatable bonds is 8. The van der Waals surface area contributed by atoms with Crippen molar-refractivity contribution in [1.29, 1.82) is 0 Å². The van der Waals surface area contributed by atoms with Gasteiger partial charge in [0.05, 0.1) is 10.9 Å². The Labute approximate surface area is 194 Å². The molecule has 0 aliphatic rings. The van der Waals surface area contributed by atoms with Crippen LogP contribution in [0.5, 0.6) is 0 Å². The van der Waals surface area contributed by atoms with Gasteiger partial charge in [0.25, 0.3) is 5.56 Å². The highest BCUT2D eigenvalue weighted by molar-refractivity contribution is 5.87. The van der Waals surface area contributed by atoms with Crippen LogP contribution in [-0.4, -0.2) is 32.6 Å². The lowest BCUT2D eigenvalue weighted by molar-refractivity contribution is -0.142. The van der Waals surface area contributed by atoms with E-state index >= 15 is 0 Å². The molecule has 4 aromatic rings. The molecule has 3 N–H and O–H groups in total. The minimum absolute atomic E-state index is 0.0334. The summed E-state index contributed by atoms with van der Waals surface area (Å²) < 4.78 is 0.867. The molecule has 0 radical (unpaired) electrons. The smallest absolute Gasteiger partial charge is 0.329 e. The average Bonchev–Trinajstić information content (AvgIpc) is 2.84. The molecule has 0 saturated heterocycles. The molecule has 0 aliphatic heterocycles. The van der Waals surface area contributed by atoms with Gasteiger partial charge in [-0.05, 0) is 23.3 Å². The van der Waals surface area contributed by atoms with Gasteiger partial charge >= 0.3 is 11.7 Å². The lowest BCUT2D eigenvalue weighted by Gasteiger charge is -2.22. The van der Waals surface area contributed by atoms with Crippen molar-refractivity contribution in [2.24, 2.45) is 0 Å². The lowest BCUT2D eigenvalue weighted by atomic mass is 10.0. The molecule has 1 aromatic heterocycles. The van der Waals surface area contributed by atoms with Gasteiger partial charge in [-0.2, -0.15) is 0 Å². The number of aliphatic carboxylic acids is 1. The number of carboxylic acids is 1. The molecule has 3 aromatic carbocycles. The summed E-state index contributed by atoms with van der Waals surface area (Å²) in [5.74, 6) is -1.94. The Bertz CT molecular complexity index is 1430. The van der Waals surface area contributed by atoms with Crippen molar-refractivity contribution in [3.05, 3.63) is 117 Å². The number of aromatic nitrogens is 2. The molecule has 4 rings (SSSR count). The first-order chi connectivity index (χ1) is 16.4. The van der Waals surface area contributed by atoms with Crippen LogP contribution < -0.4 is 16.6 Å². The van der Waals surface area contributed by atoms with E-state index in [0.29, 0.717) is 5.52 Å². The van der Waals surface area contributed by atoms with E-state index < -0.39 is 35.2 Å². The van der Waals surface area contributed by atoms with Gasteiger partial charge in [-0.25, -0.2) is 14.2 Å². The summed E-state index contributed by atoms with van der Waals surface area (Å²) in [5, 5.41) is 12.5. The fourth-order valence-electron chi connectivity index (χ4n) is 3.92. The van der Waals surface area contributed by atoms with Gasteiger partial charge in [-0.15, -0.1) is 0 Å². The largest absolute Gasteiger partial charge is 0.480 e. The van der Waals surface area contributed by atoms with Crippen LogP contribution in [0.15, 0.2) is 94.5 Å². The Morgan fingerprint density at radius 3 is 2.00 bits per heavy atom. The molecule has 0 saturated carbocycles. The third-order valence-corrected chi connectivity index (χ3v) is 5.62. The molecule has 0 aliphatic carbocycles. The van der Waals surface area contributed by atoms with Crippen molar-refractivity contribution < 1.29 is 14.7 Å². The van der Waals surface area contributed by atoms with Crippen LogP contribution in [0.3, 0.4) is 0 Å². The Morgan fingerprint density at radius 1 is 0.824 bits per heavy atom. The second kappa shape index (κ2) is 9.99. The van der Waals surface area contributed by atoms with Crippen LogP contribution in [0, 0.1) is 0 Å². The van der Waals surface area contributed by atoms with Gasteiger partial charge in [0, 0.05) is 12.8 Å². The molecular formula is C26H23N3O5. The zero-order valence-corrected chi connectivity index (χ0v) is 18.2. The standard InChI is InChI=1S/C26H23N3O5/c30-23(27-21(25(32)33)15-17-9-3-1-4-10-17)22(16-18-11-5-2-6-12-18)29-24(31)19-13-7-8-14-20(19)28-26(29)34/h1-14,21-22H,15-16H2,(H,27,30)(H,28,34)(H,32,33)/t21-,22+/m0/s1. The number of hydrogen-bond acceptors (Lipinski definition) is 4. The highest BCUT2D eigenvalue weighted by Gasteiger charge is 2.29. The average molecular weight is 457 g/mol. The molecule has 2 atom stereocenters. The van der Waals surface area contributed by atoms with Gasteiger partial charge in [0.15, 0.2) is 0 Å². The SMILES string of the molecule is O=C(O)[C@H](Cc1ccccc1)NC(=O)[C@@H](Cc1ccccc1)n1c(=O)[nH]c2ccccc2c1=O. The highest BCUT2D eigenvalue weighted by atomic mass is 16.4. The first-order valence-electron chi connectivity index (χ1n) is 10.8. The summed E-state index contributed by atoms with van der Waals surface area (Å²) in [5.41, 5.74) is 0.452. The molecule has 172 valence electrons. The maximum atomic E-state index is 13.4. The maximum absolute atomic E-state index is 13.4. The Morgan fingerprint density at radius 2 is 1.38 bits per heavy atom. The molecule has 1 heterocycles. The van der Waals surface area contributed by atoms with Gasteiger partial charge in [0.1, 0.15) is 12.1 Å². The second-order valence-electron chi connectivity index (χ2n) is 7.95. The zero-order valence-electron chi connectivity index (χ0n) is 18.2. The van der Waals surface area contributed by atoms with Crippen LogP contribution in [0.1, 0.15) is 17.2 Å². The van der Waals surface area contributed by atoms with Gasteiger partial charge < -0.3 is 15.4 Å². The fourth-order valence-corrected chi connectivity index (χ4v) is 3.92. The molecule has 8 nitrogen and oxygen atoms in total. The Balaban J connectivity index is 1.74. The van der Waals surface area contributed by atoms with Crippen molar-refractivity contribution in [2.75, 3.05) is 0 Å². The number of nitrogens with one attached hydrogen (secondary N) is 2. The Hall–Kier alpha value is -4.46. The van der Waals surface area contributed by atoms with Crippen LogP contribution in [-0.2, 0) is 22.4 Å². The van der Waals surface area contributed by atoms with Crippen LogP contribution >= 0.6 is 0 Å². The van der Waals surface area contributed by atoms with Gasteiger partial charge in [0.2, 0.25) is 5.91 Å². The summed E-state index contributed by atoms with van der Waals surface area (Å²) in [6, 6.07) is 21.9. The van der Waals surface area contributed by atoms with Crippen LogP contribution in [0.25, 0.3) is 10.9 Å². The summed E-state index contributed by atoms with van der Waals surface area (Å²) in [6.07, 6.45) is 0.0919. The first kappa shape index (κ1) is 22.7. The molecule has 1 amide bonds. The molecule has 0 spiro atoms. The molecule has 0 bridgehead atoms.